The van der Waals surface area contributed by atoms with Crippen LogP contribution in [0.2, 0.25) is 0 Å². The molecule has 2 amide bonds. The summed E-state index contributed by atoms with van der Waals surface area (Å²) in [5, 5.41) is 2.74. The van der Waals surface area contributed by atoms with Gasteiger partial charge in [0.1, 0.15) is 6.54 Å². The Balaban J connectivity index is 1.82. The van der Waals surface area contributed by atoms with Gasteiger partial charge in [-0.3, -0.25) is 14.5 Å². The summed E-state index contributed by atoms with van der Waals surface area (Å²) in [5.74, 6) is -0.478. The zero-order valence-electron chi connectivity index (χ0n) is 16.7. The summed E-state index contributed by atoms with van der Waals surface area (Å²) in [4.78, 5) is 28.6. The van der Waals surface area contributed by atoms with Gasteiger partial charge in [-0.25, -0.2) is 0 Å². The highest BCUT2D eigenvalue weighted by molar-refractivity contribution is 8.04. The smallest absolute Gasteiger partial charge is 0.265 e. The van der Waals surface area contributed by atoms with Gasteiger partial charge in [-0.2, -0.15) is 0 Å². The summed E-state index contributed by atoms with van der Waals surface area (Å²) in [6.45, 7) is 2.14. The zero-order chi connectivity index (χ0) is 20.8. The molecule has 7 heteroatoms. The van der Waals surface area contributed by atoms with Crippen LogP contribution in [0.3, 0.4) is 0 Å². The minimum Gasteiger partial charge on any atom is -0.354 e. The average molecular weight is 413 g/mol. The van der Waals surface area contributed by atoms with Crippen LogP contribution in [0, 0.1) is 6.92 Å². The van der Waals surface area contributed by atoms with Crippen LogP contribution in [0.4, 0.5) is 5.69 Å². The van der Waals surface area contributed by atoms with Crippen molar-refractivity contribution >= 4 is 35.3 Å². The predicted molar refractivity (Wildman–Crippen MR) is 115 cm³/mol. The van der Waals surface area contributed by atoms with E-state index < -0.39 is 6.29 Å². The fourth-order valence-electron chi connectivity index (χ4n) is 2.89. The first-order valence-corrected chi connectivity index (χ1v) is 10.0. The Morgan fingerprint density at radius 2 is 1.83 bits per heavy atom. The first-order chi connectivity index (χ1) is 14.0. The fourth-order valence-corrected chi connectivity index (χ4v) is 3.95. The number of carbonyl (C=O) groups excluding carboxylic acids is 2. The molecule has 1 heterocycles. The lowest BCUT2D eigenvalue weighted by molar-refractivity contribution is -0.127. The third kappa shape index (κ3) is 5.26. The van der Waals surface area contributed by atoms with Crippen LogP contribution >= 0.6 is 11.8 Å². The van der Waals surface area contributed by atoms with Crippen molar-refractivity contribution < 1.29 is 19.1 Å². The average Bonchev–Trinajstić information content (AvgIpc) is 2.73. The molecule has 0 spiro atoms. The van der Waals surface area contributed by atoms with Crippen LogP contribution in [0.5, 0.6) is 0 Å². The van der Waals surface area contributed by atoms with Gasteiger partial charge in [0.15, 0.2) is 6.29 Å². The van der Waals surface area contributed by atoms with Crippen LogP contribution in [-0.2, 0) is 19.1 Å². The van der Waals surface area contributed by atoms with Crippen molar-refractivity contribution in [2.75, 3.05) is 32.2 Å². The second-order valence-corrected chi connectivity index (χ2v) is 7.67. The van der Waals surface area contributed by atoms with Gasteiger partial charge in [-0.15, -0.1) is 0 Å². The maximum Gasteiger partial charge on any atom is 0.265 e. The molecule has 1 aliphatic rings. The quantitative estimate of drug-likeness (QED) is 0.559. The maximum atomic E-state index is 13.2. The zero-order valence-corrected chi connectivity index (χ0v) is 17.5. The van der Waals surface area contributed by atoms with Crippen molar-refractivity contribution in [1.29, 1.82) is 0 Å². The van der Waals surface area contributed by atoms with E-state index in [4.69, 9.17) is 9.47 Å². The SMILES string of the molecule is COC(CNC(=O)CN1C(=O)/C(=C\c2ccc(C)cc2)Sc2ccccc21)OC. The molecule has 0 bridgehead atoms. The number of fused-ring (bicyclic) bond motifs is 1. The monoisotopic (exact) mass is 412 g/mol. The maximum absolute atomic E-state index is 13.2. The molecule has 1 aliphatic heterocycles. The third-order valence-corrected chi connectivity index (χ3v) is 5.58. The van der Waals surface area contributed by atoms with Gasteiger partial charge in [0.25, 0.3) is 5.91 Å². The molecule has 2 aromatic rings. The highest BCUT2D eigenvalue weighted by Gasteiger charge is 2.30. The Morgan fingerprint density at radius 1 is 1.14 bits per heavy atom. The molecule has 6 nitrogen and oxygen atoms in total. The molecular weight excluding hydrogens is 388 g/mol. The summed E-state index contributed by atoms with van der Waals surface area (Å²) < 4.78 is 10.2. The number of benzene rings is 2. The van der Waals surface area contributed by atoms with Gasteiger partial charge in [0, 0.05) is 19.1 Å². The summed E-state index contributed by atoms with van der Waals surface area (Å²) >= 11 is 1.42. The lowest BCUT2D eigenvalue weighted by atomic mass is 10.1. The molecule has 0 aromatic heterocycles. The van der Waals surface area contributed by atoms with E-state index in [9.17, 15) is 9.59 Å². The van der Waals surface area contributed by atoms with Crippen molar-refractivity contribution in [2.45, 2.75) is 18.1 Å². The summed E-state index contributed by atoms with van der Waals surface area (Å²) in [6, 6.07) is 15.5. The number of aryl methyl sites for hydroxylation is 1. The number of rotatable bonds is 7. The van der Waals surface area contributed by atoms with Crippen LogP contribution in [0.25, 0.3) is 6.08 Å². The van der Waals surface area contributed by atoms with Crippen molar-refractivity contribution in [1.82, 2.24) is 5.32 Å². The second kappa shape index (κ2) is 9.73. The number of ether oxygens (including phenoxy) is 2. The Hall–Kier alpha value is -2.61. The Bertz CT molecular complexity index is 907. The molecule has 1 N–H and O–H groups in total. The number of thioether (sulfide) groups is 1. The molecule has 0 unspecified atom stereocenters. The molecule has 2 aromatic carbocycles. The Labute approximate surface area is 174 Å². The molecule has 152 valence electrons. The number of nitrogens with one attached hydrogen (secondary N) is 1. The van der Waals surface area contributed by atoms with Gasteiger partial charge in [-0.05, 0) is 30.7 Å². The third-order valence-electron chi connectivity index (χ3n) is 4.50. The second-order valence-electron chi connectivity index (χ2n) is 6.59. The summed E-state index contributed by atoms with van der Waals surface area (Å²) in [7, 11) is 3.01. The molecule has 3 rings (SSSR count). The molecule has 0 saturated heterocycles. The predicted octanol–water partition coefficient (Wildman–Crippen LogP) is 3.21. The number of hydrogen-bond acceptors (Lipinski definition) is 5. The minimum absolute atomic E-state index is 0.0816. The molecule has 0 fully saturated rings. The van der Waals surface area contributed by atoms with Gasteiger partial charge >= 0.3 is 0 Å². The Kier molecular flexibility index (Phi) is 7.09. The number of methoxy groups -OCH3 is 2. The van der Waals surface area contributed by atoms with Crippen LogP contribution in [0.1, 0.15) is 11.1 Å². The normalized spacial score (nSPS) is 15.0. The van der Waals surface area contributed by atoms with Crippen molar-refractivity contribution in [2.24, 2.45) is 0 Å². The molecular formula is C22H24N2O4S. The number of amides is 2. The molecule has 0 radical (unpaired) electrons. The Morgan fingerprint density at radius 3 is 2.52 bits per heavy atom. The van der Waals surface area contributed by atoms with Crippen molar-refractivity contribution in [3.63, 3.8) is 0 Å². The lowest BCUT2D eigenvalue weighted by Crippen LogP contribution is -2.44. The first kappa shape index (κ1) is 21.1. The number of para-hydroxylation sites is 1. The summed E-state index contributed by atoms with van der Waals surface area (Å²) in [6.07, 6.45) is 1.33. The molecule has 29 heavy (non-hydrogen) atoms. The topological polar surface area (TPSA) is 67.9 Å². The molecule has 0 atom stereocenters. The number of carbonyl (C=O) groups is 2. The van der Waals surface area contributed by atoms with E-state index in [2.05, 4.69) is 5.32 Å². The van der Waals surface area contributed by atoms with Crippen LogP contribution < -0.4 is 10.2 Å². The van der Waals surface area contributed by atoms with Gasteiger partial charge < -0.3 is 14.8 Å². The first-order valence-electron chi connectivity index (χ1n) is 9.21. The minimum atomic E-state index is -0.532. The highest BCUT2D eigenvalue weighted by atomic mass is 32.2. The largest absolute Gasteiger partial charge is 0.354 e. The number of nitrogens with zero attached hydrogens (tertiary/aromatic N) is 1. The van der Waals surface area contributed by atoms with Crippen LogP contribution in [0.15, 0.2) is 58.3 Å². The van der Waals surface area contributed by atoms with Crippen molar-refractivity contribution in [3.8, 4) is 0 Å². The number of hydrogen-bond donors (Lipinski definition) is 1. The fraction of sp³-hybridized carbons (Fsp3) is 0.273. The van der Waals surface area contributed by atoms with E-state index in [0.29, 0.717) is 4.91 Å². The van der Waals surface area contributed by atoms with Gasteiger partial charge in [0.2, 0.25) is 5.91 Å². The molecule has 0 saturated carbocycles. The number of anilines is 1. The highest BCUT2D eigenvalue weighted by Crippen LogP contribution is 2.41. The molecule has 0 aliphatic carbocycles. The van der Waals surface area contributed by atoms with Gasteiger partial charge in [-0.1, -0.05) is 53.7 Å². The van der Waals surface area contributed by atoms with Gasteiger partial charge in [0.05, 0.1) is 17.1 Å². The standard InChI is InChI=1S/C22H24N2O4S/c1-15-8-10-16(11-9-15)12-19-22(26)24(17-6-4-5-7-18(17)29-19)14-20(25)23-13-21(27-2)28-3/h4-12,21H,13-14H2,1-3H3,(H,23,25)/b19-12+. The van der Waals surface area contributed by atoms with E-state index >= 15 is 0 Å². The van der Waals surface area contributed by atoms with E-state index in [1.165, 1.54) is 30.9 Å². The van der Waals surface area contributed by atoms with E-state index in [0.717, 1.165) is 21.7 Å². The van der Waals surface area contributed by atoms with E-state index in [1.54, 1.807) is 0 Å². The lowest BCUT2D eigenvalue weighted by Gasteiger charge is -2.30. The van der Waals surface area contributed by atoms with Crippen molar-refractivity contribution in [3.05, 3.63) is 64.6 Å². The summed E-state index contributed by atoms with van der Waals surface area (Å²) in [5.41, 5.74) is 2.83. The van der Waals surface area contributed by atoms with E-state index in [1.807, 2.05) is 61.5 Å². The van der Waals surface area contributed by atoms with Crippen LogP contribution in [-0.4, -0.2) is 45.4 Å². The van der Waals surface area contributed by atoms with E-state index in [-0.39, 0.29) is 24.9 Å².